The van der Waals surface area contributed by atoms with E-state index in [0.29, 0.717) is 0 Å². The molecule has 15 heavy (non-hydrogen) atoms. The average Bonchev–Trinajstić information content (AvgIpc) is 2.62. The zero-order valence-electron chi connectivity index (χ0n) is 9.45. The van der Waals surface area contributed by atoms with Gasteiger partial charge in [-0.25, -0.2) is 0 Å². The maximum absolute atomic E-state index is 10.3. The lowest BCUT2D eigenvalue weighted by atomic mass is 9.81. The number of rotatable bonds is 3. The standard InChI is InChI=1S/C12H20N2O/c1-14-11(6-10-13-14)5-9-12(15)7-3-2-4-8-12/h6,10,15H,2-5,7-9H2,1H3. The number of aliphatic hydroxyl groups is 1. The summed E-state index contributed by atoms with van der Waals surface area (Å²) < 4.78 is 1.90. The van der Waals surface area contributed by atoms with Crippen LogP contribution in [0.25, 0.3) is 0 Å². The van der Waals surface area contributed by atoms with Crippen LogP contribution in [0.2, 0.25) is 0 Å². The molecule has 2 rings (SSSR count). The fourth-order valence-electron chi connectivity index (χ4n) is 2.47. The maximum Gasteiger partial charge on any atom is 0.0651 e. The summed E-state index contributed by atoms with van der Waals surface area (Å²) in [5.74, 6) is 0. The van der Waals surface area contributed by atoms with Gasteiger partial charge in [-0.2, -0.15) is 5.10 Å². The van der Waals surface area contributed by atoms with Gasteiger partial charge in [-0.3, -0.25) is 4.68 Å². The van der Waals surface area contributed by atoms with Gasteiger partial charge in [0.25, 0.3) is 0 Å². The van der Waals surface area contributed by atoms with Crippen molar-refractivity contribution in [1.29, 1.82) is 0 Å². The molecule has 1 fully saturated rings. The second kappa shape index (κ2) is 4.35. The summed E-state index contributed by atoms with van der Waals surface area (Å²) in [4.78, 5) is 0. The van der Waals surface area contributed by atoms with Crippen molar-refractivity contribution in [3.63, 3.8) is 0 Å². The van der Waals surface area contributed by atoms with Crippen molar-refractivity contribution in [2.24, 2.45) is 7.05 Å². The van der Waals surface area contributed by atoms with Crippen molar-refractivity contribution in [1.82, 2.24) is 9.78 Å². The molecule has 0 unspecified atom stereocenters. The maximum atomic E-state index is 10.3. The molecule has 1 aliphatic rings. The van der Waals surface area contributed by atoms with Crippen LogP contribution in [0.4, 0.5) is 0 Å². The fraction of sp³-hybridized carbons (Fsp3) is 0.750. The fourth-order valence-corrected chi connectivity index (χ4v) is 2.47. The Morgan fingerprint density at radius 2 is 2.13 bits per heavy atom. The van der Waals surface area contributed by atoms with Crippen molar-refractivity contribution in [3.8, 4) is 0 Å². The molecule has 1 saturated carbocycles. The Hall–Kier alpha value is -0.830. The van der Waals surface area contributed by atoms with Crippen molar-refractivity contribution >= 4 is 0 Å². The summed E-state index contributed by atoms with van der Waals surface area (Å²) in [6.07, 6.45) is 9.24. The van der Waals surface area contributed by atoms with Crippen LogP contribution in [-0.4, -0.2) is 20.5 Å². The first-order valence-corrected chi connectivity index (χ1v) is 5.89. The van der Waals surface area contributed by atoms with E-state index in [2.05, 4.69) is 5.10 Å². The summed E-state index contributed by atoms with van der Waals surface area (Å²) in [5.41, 5.74) is 0.816. The zero-order valence-corrected chi connectivity index (χ0v) is 9.45. The smallest absolute Gasteiger partial charge is 0.0651 e. The summed E-state index contributed by atoms with van der Waals surface area (Å²) in [7, 11) is 1.96. The molecule has 0 radical (unpaired) electrons. The van der Waals surface area contributed by atoms with Crippen LogP contribution in [0.5, 0.6) is 0 Å². The summed E-state index contributed by atoms with van der Waals surface area (Å²) >= 11 is 0. The molecule has 0 spiro atoms. The van der Waals surface area contributed by atoms with Gasteiger partial charge in [0.2, 0.25) is 0 Å². The van der Waals surface area contributed by atoms with E-state index in [9.17, 15) is 5.11 Å². The van der Waals surface area contributed by atoms with Crippen molar-refractivity contribution in [2.75, 3.05) is 0 Å². The molecule has 0 amide bonds. The van der Waals surface area contributed by atoms with E-state index in [1.807, 2.05) is 24.0 Å². The Balaban J connectivity index is 1.89. The van der Waals surface area contributed by atoms with Gasteiger partial charge in [0.15, 0.2) is 0 Å². The lowest BCUT2D eigenvalue weighted by Gasteiger charge is -2.32. The Morgan fingerprint density at radius 3 is 2.73 bits per heavy atom. The van der Waals surface area contributed by atoms with Gasteiger partial charge in [-0.05, 0) is 31.7 Å². The predicted octanol–water partition coefficient (Wildman–Crippen LogP) is 2.05. The molecular weight excluding hydrogens is 188 g/mol. The Morgan fingerprint density at radius 1 is 1.40 bits per heavy atom. The molecule has 0 atom stereocenters. The van der Waals surface area contributed by atoms with Crippen LogP contribution in [0.3, 0.4) is 0 Å². The van der Waals surface area contributed by atoms with Crippen molar-refractivity contribution < 1.29 is 5.11 Å². The second-order valence-electron chi connectivity index (χ2n) is 4.73. The molecule has 1 aliphatic carbocycles. The lowest BCUT2D eigenvalue weighted by molar-refractivity contribution is -0.00377. The number of hydrogen-bond acceptors (Lipinski definition) is 2. The molecule has 3 nitrogen and oxygen atoms in total. The van der Waals surface area contributed by atoms with Crippen LogP contribution in [0, 0.1) is 0 Å². The highest BCUT2D eigenvalue weighted by atomic mass is 16.3. The highest BCUT2D eigenvalue weighted by Gasteiger charge is 2.28. The molecule has 0 aliphatic heterocycles. The molecule has 3 heteroatoms. The first kappa shape index (κ1) is 10.7. The molecular formula is C12H20N2O. The van der Waals surface area contributed by atoms with E-state index in [4.69, 9.17) is 0 Å². The lowest BCUT2D eigenvalue weighted by Crippen LogP contribution is -2.32. The molecule has 84 valence electrons. The molecule has 1 heterocycles. The minimum atomic E-state index is -0.400. The minimum Gasteiger partial charge on any atom is -0.390 e. The topological polar surface area (TPSA) is 38.0 Å². The van der Waals surface area contributed by atoms with E-state index in [1.54, 1.807) is 0 Å². The molecule has 1 aromatic rings. The Labute approximate surface area is 91.1 Å². The SMILES string of the molecule is Cn1nccc1CCC1(O)CCCCC1. The van der Waals surface area contributed by atoms with E-state index in [1.165, 1.54) is 25.0 Å². The quantitative estimate of drug-likeness (QED) is 0.825. The zero-order chi connectivity index (χ0) is 10.7. The van der Waals surface area contributed by atoms with E-state index >= 15 is 0 Å². The number of nitrogens with zero attached hydrogens (tertiary/aromatic N) is 2. The van der Waals surface area contributed by atoms with E-state index in [-0.39, 0.29) is 0 Å². The third-order valence-corrected chi connectivity index (χ3v) is 3.55. The van der Waals surface area contributed by atoms with Crippen LogP contribution in [0.1, 0.15) is 44.2 Å². The molecule has 1 aromatic heterocycles. The predicted molar refractivity (Wildman–Crippen MR) is 59.6 cm³/mol. The second-order valence-corrected chi connectivity index (χ2v) is 4.73. The van der Waals surface area contributed by atoms with Crippen molar-refractivity contribution in [2.45, 2.75) is 50.5 Å². The molecule has 0 bridgehead atoms. The summed E-state index contributed by atoms with van der Waals surface area (Å²) in [5, 5.41) is 14.5. The first-order valence-electron chi connectivity index (χ1n) is 5.89. The van der Waals surface area contributed by atoms with Crippen molar-refractivity contribution in [3.05, 3.63) is 18.0 Å². The molecule has 0 aromatic carbocycles. The van der Waals surface area contributed by atoms with Gasteiger partial charge in [-0.15, -0.1) is 0 Å². The summed E-state index contributed by atoms with van der Waals surface area (Å²) in [6.45, 7) is 0. The van der Waals surface area contributed by atoms with Gasteiger partial charge < -0.3 is 5.11 Å². The Kier molecular flexibility index (Phi) is 3.10. The van der Waals surface area contributed by atoms with Crippen LogP contribution in [-0.2, 0) is 13.5 Å². The summed E-state index contributed by atoms with van der Waals surface area (Å²) in [6, 6.07) is 2.03. The van der Waals surface area contributed by atoms with Crippen LogP contribution >= 0.6 is 0 Å². The highest BCUT2D eigenvalue weighted by molar-refractivity contribution is 5.01. The number of aryl methyl sites for hydroxylation is 2. The minimum absolute atomic E-state index is 0.400. The number of aromatic nitrogens is 2. The Bertz CT molecular complexity index is 313. The van der Waals surface area contributed by atoms with E-state index in [0.717, 1.165) is 25.7 Å². The van der Waals surface area contributed by atoms with Gasteiger partial charge in [0.05, 0.1) is 5.60 Å². The van der Waals surface area contributed by atoms with Gasteiger partial charge in [-0.1, -0.05) is 19.3 Å². The number of hydrogen-bond donors (Lipinski definition) is 1. The molecule has 1 N–H and O–H groups in total. The van der Waals surface area contributed by atoms with E-state index < -0.39 is 5.60 Å². The van der Waals surface area contributed by atoms with Gasteiger partial charge in [0.1, 0.15) is 0 Å². The monoisotopic (exact) mass is 208 g/mol. The van der Waals surface area contributed by atoms with Crippen LogP contribution < -0.4 is 0 Å². The first-order chi connectivity index (χ1) is 7.20. The van der Waals surface area contributed by atoms with Gasteiger partial charge in [0, 0.05) is 18.9 Å². The highest BCUT2D eigenvalue weighted by Crippen LogP contribution is 2.31. The average molecular weight is 208 g/mol. The van der Waals surface area contributed by atoms with Gasteiger partial charge >= 0.3 is 0 Å². The molecule has 0 saturated heterocycles. The normalized spacial score (nSPS) is 20.4. The van der Waals surface area contributed by atoms with Crippen LogP contribution in [0.15, 0.2) is 12.3 Å². The largest absolute Gasteiger partial charge is 0.390 e. The third-order valence-electron chi connectivity index (χ3n) is 3.55. The third kappa shape index (κ3) is 2.59.